The molecule has 0 aliphatic carbocycles. The second-order valence-corrected chi connectivity index (χ2v) is 14.5. The zero-order valence-electron chi connectivity index (χ0n) is 20.0. The fourth-order valence-corrected chi connectivity index (χ4v) is 8.52. The van der Waals surface area contributed by atoms with Crippen LogP contribution in [0.15, 0.2) is 70.9 Å². The third-order valence-electron chi connectivity index (χ3n) is 6.44. The second-order valence-electron chi connectivity index (χ2n) is 8.58. The first-order valence-electron chi connectivity index (χ1n) is 11.3. The number of thiophene rings is 2. The van der Waals surface area contributed by atoms with Crippen LogP contribution in [-0.2, 0) is 0 Å². The van der Waals surface area contributed by atoms with Gasteiger partial charge in [-0.15, -0.1) is 22.7 Å². The Hall–Kier alpha value is -1.57. The van der Waals surface area contributed by atoms with Crippen LogP contribution in [0.5, 0.6) is 0 Å². The summed E-state index contributed by atoms with van der Waals surface area (Å²) in [5.74, 6) is 0. The summed E-state index contributed by atoms with van der Waals surface area (Å²) in [4.78, 5) is 7.16. The van der Waals surface area contributed by atoms with E-state index in [0.29, 0.717) is 11.4 Å². The number of allylic oxidation sites excluding steroid dienone is 2. The van der Waals surface area contributed by atoms with Crippen molar-refractivity contribution in [3.05, 3.63) is 99.0 Å². The molecule has 0 saturated heterocycles. The number of hydrogen-bond acceptors (Lipinski definition) is 3. The number of benzene rings is 1. The molecule has 0 spiro atoms. The van der Waals surface area contributed by atoms with Crippen LogP contribution in [0, 0.1) is 19.6 Å². The molecule has 0 bridgehead atoms. The maximum Gasteiger partial charge on any atom is 0.677 e. The lowest BCUT2D eigenvalue weighted by atomic mass is 9.92. The monoisotopic (exact) mass is 740 g/mol. The van der Waals surface area contributed by atoms with Crippen LogP contribution in [-0.4, -0.2) is 17.6 Å². The van der Waals surface area contributed by atoms with Gasteiger partial charge in [0, 0.05) is 43.6 Å². The van der Waals surface area contributed by atoms with Crippen LogP contribution in [0.25, 0.3) is 21.6 Å². The van der Waals surface area contributed by atoms with Crippen LogP contribution >= 0.6 is 67.9 Å². The maximum absolute atomic E-state index is 14.8. The molecule has 0 saturated carbocycles. The average molecular weight is 740 g/mol. The molecule has 1 aromatic carbocycles. The van der Waals surface area contributed by atoms with Crippen molar-refractivity contribution in [3.63, 3.8) is 0 Å². The highest BCUT2D eigenvalue weighted by atomic mass is 127. The first-order chi connectivity index (χ1) is 17.2. The second kappa shape index (κ2) is 10.3. The summed E-state index contributed by atoms with van der Waals surface area (Å²) in [6.45, 7) is 7.81. The minimum atomic E-state index is -2.68. The molecular weight excluding hydrogens is 719 g/mol. The number of aliphatic imine (C=N–C) groups is 1. The van der Waals surface area contributed by atoms with Gasteiger partial charge in [-0.2, -0.15) is 0 Å². The van der Waals surface area contributed by atoms with E-state index in [1.165, 1.54) is 7.36 Å². The Morgan fingerprint density at radius 3 is 2.03 bits per heavy atom. The molecule has 3 aromatic heterocycles. The van der Waals surface area contributed by atoms with E-state index in [4.69, 9.17) is 4.99 Å². The number of nitrogens with zero attached hydrogens (tertiary/aromatic N) is 2. The molecule has 182 valence electrons. The molecule has 4 heterocycles. The van der Waals surface area contributed by atoms with Crippen LogP contribution < -0.4 is 0 Å². The van der Waals surface area contributed by atoms with Crippen molar-refractivity contribution in [2.75, 3.05) is 0 Å². The molecule has 2 nitrogen and oxygen atoms in total. The molecule has 0 amide bonds. The zero-order chi connectivity index (χ0) is 25.7. The summed E-state index contributed by atoms with van der Waals surface area (Å²) in [5, 5.41) is 0. The molecule has 36 heavy (non-hydrogen) atoms. The van der Waals surface area contributed by atoms with Gasteiger partial charge < -0.3 is 4.48 Å². The molecule has 0 atom stereocenters. The van der Waals surface area contributed by atoms with Gasteiger partial charge in [0.05, 0.1) is 11.5 Å². The Kier molecular flexibility index (Phi) is 7.46. The molecule has 0 unspecified atom stereocenters. The summed E-state index contributed by atoms with van der Waals surface area (Å²) in [5.41, 5.74) is 8.20. The Morgan fingerprint density at radius 1 is 0.861 bits per heavy atom. The van der Waals surface area contributed by atoms with Gasteiger partial charge in [0.15, 0.2) is 0 Å². The van der Waals surface area contributed by atoms with E-state index in [9.17, 15) is 8.63 Å². The van der Waals surface area contributed by atoms with E-state index in [1.54, 1.807) is 29.6 Å². The van der Waals surface area contributed by atoms with Crippen LogP contribution in [0.3, 0.4) is 0 Å². The Labute approximate surface area is 245 Å². The molecule has 5 rings (SSSR count). The normalized spacial score (nSPS) is 15.1. The van der Waals surface area contributed by atoms with Crippen molar-refractivity contribution in [2.45, 2.75) is 27.7 Å². The predicted molar refractivity (Wildman–Crippen MR) is 169 cm³/mol. The molecular formula is C27H21BF2I2N2S2. The van der Waals surface area contributed by atoms with E-state index >= 15 is 0 Å². The van der Waals surface area contributed by atoms with Crippen LogP contribution in [0.2, 0.25) is 0 Å². The summed E-state index contributed by atoms with van der Waals surface area (Å²) in [6, 6.07) is 18.1. The SMILES string of the molecule is CC1=N/C(=C(/c2ccccc2)c2c(C)c(-c3ccc(I)s3)c(C)n2B(F)F)C(C)=C1c1ccc(I)s1. The lowest BCUT2D eigenvalue weighted by Crippen LogP contribution is -2.18. The van der Waals surface area contributed by atoms with Gasteiger partial charge in [-0.25, -0.2) is 0 Å². The third-order valence-corrected chi connectivity index (χ3v) is 10.3. The lowest BCUT2D eigenvalue weighted by molar-refractivity contribution is 0.624. The van der Waals surface area contributed by atoms with Gasteiger partial charge in [-0.05, 0) is 114 Å². The number of halogens is 4. The maximum atomic E-state index is 14.8. The highest BCUT2D eigenvalue weighted by Crippen LogP contribution is 2.45. The van der Waals surface area contributed by atoms with Gasteiger partial charge in [0.1, 0.15) is 0 Å². The summed E-state index contributed by atoms with van der Waals surface area (Å²) >= 11 is 7.94. The van der Waals surface area contributed by atoms with Gasteiger partial charge in [-0.1, -0.05) is 30.3 Å². The molecule has 1 aliphatic rings. The van der Waals surface area contributed by atoms with Crippen LogP contribution in [0.4, 0.5) is 8.63 Å². The molecule has 1 aliphatic heterocycles. The van der Waals surface area contributed by atoms with Crippen molar-refractivity contribution in [1.29, 1.82) is 0 Å². The average Bonchev–Trinajstić information content (AvgIpc) is 3.57. The number of rotatable bonds is 5. The number of hydrogen-bond donors (Lipinski definition) is 0. The molecule has 0 radical (unpaired) electrons. The largest absolute Gasteiger partial charge is 0.677 e. The lowest BCUT2D eigenvalue weighted by Gasteiger charge is -2.16. The minimum Gasteiger partial charge on any atom is -0.328 e. The summed E-state index contributed by atoms with van der Waals surface area (Å²) < 4.78 is 33.1. The van der Waals surface area contributed by atoms with Crippen molar-refractivity contribution in [2.24, 2.45) is 4.99 Å². The summed E-state index contributed by atoms with van der Waals surface area (Å²) in [6.07, 6.45) is 0. The van der Waals surface area contributed by atoms with Gasteiger partial charge in [-0.3, -0.25) is 13.6 Å². The topological polar surface area (TPSA) is 17.3 Å². The Morgan fingerprint density at radius 2 is 1.47 bits per heavy atom. The van der Waals surface area contributed by atoms with E-state index in [-0.39, 0.29) is 0 Å². The quantitative estimate of drug-likeness (QED) is 0.143. The van der Waals surface area contributed by atoms with Crippen molar-refractivity contribution in [1.82, 2.24) is 4.48 Å². The summed E-state index contributed by atoms with van der Waals surface area (Å²) in [7, 11) is -2.68. The smallest absolute Gasteiger partial charge is 0.328 e. The minimum absolute atomic E-state index is 0.528. The first kappa shape index (κ1) is 26.1. The standard InChI is InChI=1S/C27H21BF2I2N2S2/c1-14-23(19-10-12-21(31)35-19)16(3)33-26(14)25(18-8-6-5-7-9-18)27-15(2)24(17(4)34(27)28(29)30)20-11-13-22(32)36-20/h5-13H,1-4H3/b26-25-. The van der Waals surface area contributed by atoms with Crippen molar-refractivity contribution in [3.8, 4) is 10.4 Å². The van der Waals surface area contributed by atoms with Gasteiger partial charge >= 0.3 is 7.40 Å². The van der Waals surface area contributed by atoms with E-state index in [1.807, 2.05) is 56.3 Å². The zero-order valence-corrected chi connectivity index (χ0v) is 25.9. The van der Waals surface area contributed by atoms with Gasteiger partial charge in [0.2, 0.25) is 0 Å². The van der Waals surface area contributed by atoms with Crippen molar-refractivity contribution < 1.29 is 8.63 Å². The van der Waals surface area contributed by atoms with E-state index in [0.717, 1.165) is 57.5 Å². The third kappa shape index (κ3) is 4.50. The number of aromatic nitrogens is 1. The highest BCUT2D eigenvalue weighted by Gasteiger charge is 2.33. The van der Waals surface area contributed by atoms with E-state index in [2.05, 4.69) is 64.2 Å². The molecule has 4 aromatic rings. The predicted octanol–water partition coefficient (Wildman–Crippen LogP) is 9.58. The van der Waals surface area contributed by atoms with E-state index < -0.39 is 7.40 Å². The molecule has 9 heteroatoms. The first-order valence-corrected chi connectivity index (χ1v) is 15.1. The molecule has 0 N–H and O–H groups in total. The van der Waals surface area contributed by atoms with Crippen LogP contribution in [0.1, 0.15) is 41.2 Å². The van der Waals surface area contributed by atoms with Gasteiger partial charge in [0.25, 0.3) is 0 Å². The fraction of sp³-hybridized carbons (Fsp3) is 0.148. The fourth-order valence-electron chi connectivity index (χ4n) is 4.97. The Bertz CT molecular complexity index is 1580. The van der Waals surface area contributed by atoms with Crippen molar-refractivity contribution >= 4 is 92.1 Å². The highest BCUT2D eigenvalue weighted by molar-refractivity contribution is 14.1. The molecule has 0 fully saturated rings. The Balaban J connectivity index is 1.87.